The van der Waals surface area contributed by atoms with Crippen LogP contribution in [0.2, 0.25) is 0 Å². The minimum atomic E-state index is -0.765. The predicted octanol–water partition coefficient (Wildman–Crippen LogP) is 2.59. The SMILES string of the molecule is Cc1ccc([C@H](C)NC(=O)COC(=O)CNC(=O)c2cccc(F)c2)cc1C. The summed E-state index contributed by atoms with van der Waals surface area (Å²) in [6, 6.07) is 10.8. The molecule has 0 spiro atoms. The highest BCUT2D eigenvalue weighted by Gasteiger charge is 2.14. The molecule has 148 valence electrons. The molecule has 28 heavy (non-hydrogen) atoms. The Hall–Kier alpha value is -3.22. The fourth-order valence-corrected chi connectivity index (χ4v) is 2.48. The number of ether oxygens (including phenoxy) is 1. The lowest BCUT2D eigenvalue weighted by atomic mass is 10.0. The summed E-state index contributed by atoms with van der Waals surface area (Å²) in [5.74, 6) is -2.37. The lowest BCUT2D eigenvalue weighted by molar-refractivity contribution is -0.147. The third kappa shape index (κ3) is 6.19. The van der Waals surface area contributed by atoms with Crippen molar-refractivity contribution in [3.05, 3.63) is 70.5 Å². The van der Waals surface area contributed by atoms with Crippen molar-refractivity contribution >= 4 is 17.8 Å². The molecule has 0 saturated heterocycles. The summed E-state index contributed by atoms with van der Waals surface area (Å²) in [7, 11) is 0. The van der Waals surface area contributed by atoms with Gasteiger partial charge in [0.05, 0.1) is 6.04 Å². The minimum Gasteiger partial charge on any atom is -0.454 e. The van der Waals surface area contributed by atoms with Gasteiger partial charge < -0.3 is 15.4 Å². The normalized spacial score (nSPS) is 11.4. The molecule has 7 heteroatoms. The van der Waals surface area contributed by atoms with E-state index < -0.39 is 36.8 Å². The standard InChI is InChI=1S/C21H23FN2O4/c1-13-7-8-16(9-14(13)2)15(3)24-19(25)12-28-20(26)11-23-21(27)17-5-4-6-18(22)10-17/h4-10,15H,11-12H2,1-3H3,(H,23,27)(H,24,25)/t15-/m0/s1. The van der Waals surface area contributed by atoms with Gasteiger partial charge in [0.25, 0.3) is 11.8 Å². The summed E-state index contributed by atoms with van der Waals surface area (Å²) in [6.07, 6.45) is 0. The number of halogens is 1. The third-order valence-corrected chi connectivity index (χ3v) is 4.25. The average molecular weight is 386 g/mol. The van der Waals surface area contributed by atoms with Crippen LogP contribution in [0.4, 0.5) is 4.39 Å². The van der Waals surface area contributed by atoms with Crippen LogP contribution in [0.3, 0.4) is 0 Å². The van der Waals surface area contributed by atoms with Crippen LogP contribution in [0.5, 0.6) is 0 Å². The van der Waals surface area contributed by atoms with Gasteiger partial charge >= 0.3 is 5.97 Å². The van der Waals surface area contributed by atoms with Crippen LogP contribution < -0.4 is 10.6 Å². The highest BCUT2D eigenvalue weighted by molar-refractivity contribution is 5.96. The molecular formula is C21H23FN2O4. The summed E-state index contributed by atoms with van der Waals surface area (Å²) >= 11 is 0. The van der Waals surface area contributed by atoms with Gasteiger partial charge in [0.15, 0.2) is 6.61 Å². The molecule has 2 N–H and O–H groups in total. The molecule has 6 nitrogen and oxygen atoms in total. The summed E-state index contributed by atoms with van der Waals surface area (Å²) in [4.78, 5) is 35.5. The van der Waals surface area contributed by atoms with Crippen molar-refractivity contribution in [2.75, 3.05) is 13.2 Å². The van der Waals surface area contributed by atoms with Crippen LogP contribution in [-0.4, -0.2) is 30.9 Å². The number of nitrogens with one attached hydrogen (secondary N) is 2. The number of carbonyl (C=O) groups excluding carboxylic acids is 3. The Morgan fingerprint density at radius 1 is 1.07 bits per heavy atom. The quantitative estimate of drug-likeness (QED) is 0.717. The van der Waals surface area contributed by atoms with E-state index in [9.17, 15) is 18.8 Å². The number of amides is 2. The van der Waals surface area contributed by atoms with Gasteiger partial charge in [-0.05, 0) is 55.7 Å². The average Bonchev–Trinajstić information content (AvgIpc) is 2.66. The molecule has 0 aromatic heterocycles. The van der Waals surface area contributed by atoms with Gasteiger partial charge in [0, 0.05) is 5.56 Å². The molecular weight excluding hydrogens is 363 g/mol. The first-order valence-corrected chi connectivity index (χ1v) is 8.82. The number of aryl methyl sites for hydroxylation is 2. The van der Waals surface area contributed by atoms with E-state index in [1.54, 1.807) is 0 Å². The molecule has 2 rings (SSSR count). The van der Waals surface area contributed by atoms with E-state index in [0.29, 0.717) is 0 Å². The molecule has 0 aliphatic rings. The molecule has 0 saturated carbocycles. The van der Waals surface area contributed by atoms with E-state index >= 15 is 0 Å². The molecule has 0 fully saturated rings. The zero-order valence-corrected chi connectivity index (χ0v) is 16.0. The van der Waals surface area contributed by atoms with Gasteiger partial charge in [0.2, 0.25) is 0 Å². The summed E-state index contributed by atoms with van der Waals surface area (Å²) in [6.45, 7) is 4.96. The first-order valence-electron chi connectivity index (χ1n) is 8.82. The van der Waals surface area contributed by atoms with Crippen LogP contribution in [0, 0.1) is 19.7 Å². The van der Waals surface area contributed by atoms with Crippen LogP contribution in [-0.2, 0) is 14.3 Å². The Balaban J connectivity index is 1.75. The van der Waals surface area contributed by atoms with Crippen LogP contribution in [0.15, 0.2) is 42.5 Å². The molecule has 2 amide bonds. The number of rotatable bonds is 7. The number of esters is 1. The first-order chi connectivity index (χ1) is 13.3. The largest absolute Gasteiger partial charge is 0.454 e. The Kier molecular flexibility index (Phi) is 7.26. The van der Waals surface area contributed by atoms with Crippen molar-refractivity contribution in [3.8, 4) is 0 Å². The van der Waals surface area contributed by atoms with E-state index in [1.807, 2.05) is 39.0 Å². The summed E-state index contributed by atoms with van der Waals surface area (Å²) in [5, 5.41) is 5.07. The van der Waals surface area contributed by atoms with Gasteiger partial charge in [-0.3, -0.25) is 14.4 Å². The van der Waals surface area contributed by atoms with Gasteiger partial charge in [-0.2, -0.15) is 0 Å². The molecule has 0 unspecified atom stereocenters. The second kappa shape index (κ2) is 9.64. The highest BCUT2D eigenvalue weighted by Crippen LogP contribution is 2.16. The summed E-state index contributed by atoms with van der Waals surface area (Å²) in [5.41, 5.74) is 3.33. The fraction of sp³-hybridized carbons (Fsp3) is 0.286. The zero-order chi connectivity index (χ0) is 20.7. The lowest BCUT2D eigenvalue weighted by Gasteiger charge is -2.16. The topological polar surface area (TPSA) is 84.5 Å². The van der Waals surface area contributed by atoms with Crippen molar-refractivity contribution in [1.82, 2.24) is 10.6 Å². The maximum absolute atomic E-state index is 13.1. The van der Waals surface area contributed by atoms with Crippen LogP contribution in [0.1, 0.15) is 40.0 Å². The van der Waals surface area contributed by atoms with Crippen molar-refractivity contribution in [2.45, 2.75) is 26.8 Å². The van der Waals surface area contributed by atoms with E-state index in [0.717, 1.165) is 22.8 Å². The first kappa shape index (κ1) is 21.1. The monoisotopic (exact) mass is 386 g/mol. The van der Waals surface area contributed by atoms with Crippen molar-refractivity contribution in [1.29, 1.82) is 0 Å². The Morgan fingerprint density at radius 3 is 2.50 bits per heavy atom. The Bertz CT molecular complexity index is 882. The molecule has 1 atom stereocenters. The van der Waals surface area contributed by atoms with E-state index in [4.69, 9.17) is 4.74 Å². The molecule has 2 aromatic carbocycles. The van der Waals surface area contributed by atoms with Crippen molar-refractivity contribution in [3.63, 3.8) is 0 Å². The smallest absolute Gasteiger partial charge is 0.325 e. The zero-order valence-electron chi connectivity index (χ0n) is 16.0. The van der Waals surface area contributed by atoms with Crippen molar-refractivity contribution < 1.29 is 23.5 Å². The van der Waals surface area contributed by atoms with Crippen LogP contribution in [0.25, 0.3) is 0 Å². The lowest BCUT2D eigenvalue weighted by Crippen LogP contribution is -2.34. The Morgan fingerprint density at radius 2 is 1.82 bits per heavy atom. The Labute approximate surface area is 163 Å². The fourth-order valence-electron chi connectivity index (χ4n) is 2.48. The maximum atomic E-state index is 13.1. The van der Waals surface area contributed by atoms with Gasteiger partial charge in [-0.1, -0.05) is 24.3 Å². The van der Waals surface area contributed by atoms with Crippen LogP contribution >= 0.6 is 0 Å². The van der Waals surface area contributed by atoms with Crippen molar-refractivity contribution in [2.24, 2.45) is 0 Å². The number of hydrogen-bond donors (Lipinski definition) is 2. The second-order valence-corrected chi connectivity index (χ2v) is 6.49. The molecule has 0 aliphatic carbocycles. The molecule has 0 bridgehead atoms. The molecule has 0 radical (unpaired) electrons. The highest BCUT2D eigenvalue weighted by atomic mass is 19.1. The second-order valence-electron chi connectivity index (χ2n) is 6.49. The number of carbonyl (C=O) groups is 3. The number of hydrogen-bond acceptors (Lipinski definition) is 4. The number of benzene rings is 2. The maximum Gasteiger partial charge on any atom is 0.325 e. The predicted molar refractivity (Wildman–Crippen MR) is 102 cm³/mol. The van der Waals surface area contributed by atoms with Gasteiger partial charge in [-0.25, -0.2) is 4.39 Å². The molecule has 2 aromatic rings. The molecule has 0 aliphatic heterocycles. The van der Waals surface area contributed by atoms with Gasteiger partial charge in [0.1, 0.15) is 12.4 Å². The van der Waals surface area contributed by atoms with E-state index in [2.05, 4.69) is 10.6 Å². The third-order valence-electron chi connectivity index (χ3n) is 4.25. The van der Waals surface area contributed by atoms with E-state index in [-0.39, 0.29) is 11.6 Å². The minimum absolute atomic E-state index is 0.0905. The van der Waals surface area contributed by atoms with Gasteiger partial charge in [-0.15, -0.1) is 0 Å². The van der Waals surface area contributed by atoms with E-state index in [1.165, 1.54) is 18.2 Å². The molecule has 0 heterocycles. The summed E-state index contributed by atoms with van der Waals surface area (Å²) < 4.78 is 17.9.